The molecule has 2 heterocycles. The van der Waals surface area contributed by atoms with Crippen molar-refractivity contribution in [3.05, 3.63) is 6.20 Å². The Morgan fingerprint density at radius 2 is 2.29 bits per heavy atom. The molecule has 1 aliphatic rings. The van der Waals surface area contributed by atoms with Gasteiger partial charge in [0.1, 0.15) is 0 Å². The minimum absolute atomic E-state index is 0.0713. The summed E-state index contributed by atoms with van der Waals surface area (Å²) in [5, 5.41) is 2.71. The maximum Gasteiger partial charge on any atom is 0.323 e. The van der Waals surface area contributed by atoms with Gasteiger partial charge in [-0.1, -0.05) is 0 Å². The Balaban J connectivity index is 1.88. The Morgan fingerprint density at radius 3 is 2.93 bits per heavy atom. The molecule has 0 aromatic carbocycles. The number of urea groups is 1. The smallest absolute Gasteiger partial charge is 0.323 e. The molecule has 0 radical (unpaired) electrons. The van der Waals surface area contributed by atoms with Crippen LogP contribution in [0.1, 0.15) is 0 Å². The number of thioether (sulfide) groups is 1. The van der Waals surface area contributed by atoms with Crippen molar-refractivity contribution in [2.24, 2.45) is 0 Å². The van der Waals surface area contributed by atoms with E-state index in [1.54, 1.807) is 11.1 Å². The molecule has 1 saturated heterocycles. The lowest BCUT2D eigenvalue weighted by molar-refractivity contribution is 0.217. The maximum atomic E-state index is 11.6. The second-order valence-corrected chi connectivity index (χ2v) is 4.60. The molecule has 1 aliphatic heterocycles. The lowest BCUT2D eigenvalue weighted by Gasteiger charge is -2.25. The predicted molar refractivity (Wildman–Crippen MR) is 57.8 cm³/mol. The van der Waals surface area contributed by atoms with Crippen LogP contribution in [0.25, 0.3) is 0 Å². The molecule has 0 spiro atoms. The number of amides is 2. The highest BCUT2D eigenvalue weighted by Gasteiger charge is 2.16. The Morgan fingerprint density at radius 1 is 1.50 bits per heavy atom. The number of aromatic nitrogens is 2. The summed E-state index contributed by atoms with van der Waals surface area (Å²) in [6.45, 7) is 1.63. The van der Waals surface area contributed by atoms with Gasteiger partial charge < -0.3 is 4.90 Å². The lowest BCUT2D eigenvalue weighted by Crippen LogP contribution is -2.40. The summed E-state index contributed by atoms with van der Waals surface area (Å²) in [4.78, 5) is 13.4. The standard InChI is InChI=1S/C7H10N4OS2/c12-7(9-6-5-8-14-10-6)11-1-3-13-4-2-11/h5H,1-4H2,(H,9,10,12). The highest BCUT2D eigenvalue weighted by molar-refractivity contribution is 7.99. The SMILES string of the molecule is O=C(Nc1cnsn1)N1CCSCC1. The number of carbonyl (C=O) groups is 1. The molecule has 0 bridgehead atoms. The van der Waals surface area contributed by atoms with E-state index in [9.17, 15) is 4.79 Å². The average Bonchev–Trinajstić information content (AvgIpc) is 2.72. The number of nitrogens with one attached hydrogen (secondary N) is 1. The molecule has 0 aliphatic carbocycles. The van der Waals surface area contributed by atoms with Gasteiger partial charge in [-0.3, -0.25) is 5.32 Å². The second-order valence-electron chi connectivity index (χ2n) is 2.82. The number of hydrogen-bond acceptors (Lipinski definition) is 5. The minimum atomic E-state index is -0.0713. The van der Waals surface area contributed by atoms with E-state index in [1.165, 1.54) is 0 Å². The van der Waals surface area contributed by atoms with Gasteiger partial charge in [0.2, 0.25) is 0 Å². The second kappa shape index (κ2) is 4.61. The zero-order valence-electron chi connectivity index (χ0n) is 7.47. The zero-order chi connectivity index (χ0) is 9.80. The number of hydrogen-bond donors (Lipinski definition) is 1. The molecule has 0 atom stereocenters. The lowest BCUT2D eigenvalue weighted by atomic mass is 10.5. The van der Waals surface area contributed by atoms with Crippen molar-refractivity contribution in [1.82, 2.24) is 13.6 Å². The molecule has 1 fully saturated rings. The molecule has 0 unspecified atom stereocenters. The van der Waals surface area contributed by atoms with Crippen LogP contribution >= 0.6 is 23.5 Å². The highest BCUT2D eigenvalue weighted by Crippen LogP contribution is 2.11. The van der Waals surface area contributed by atoms with Gasteiger partial charge in [0.15, 0.2) is 5.82 Å². The summed E-state index contributed by atoms with van der Waals surface area (Å²) in [5.74, 6) is 2.57. The molecule has 2 amide bonds. The number of rotatable bonds is 1. The molecule has 7 heteroatoms. The topological polar surface area (TPSA) is 58.1 Å². The Kier molecular flexibility index (Phi) is 3.20. The van der Waals surface area contributed by atoms with Gasteiger partial charge in [0.25, 0.3) is 0 Å². The van der Waals surface area contributed by atoms with Crippen molar-refractivity contribution in [1.29, 1.82) is 0 Å². The van der Waals surface area contributed by atoms with Crippen LogP contribution in [0.15, 0.2) is 6.20 Å². The van der Waals surface area contributed by atoms with E-state index in [2.05, 4.69) is 14.1 Å². The first-order valence-corrected chi connectivity index (χ1v) is 6.16. The summed E-state index contributed by atoms with van der Waals surface area (Å²) in [5.41, 5.74) is 0. The van der Waals surface area contributed by atoms with Crippen molar-refractivity contribution < 1.29 is 4.79 Å². The van der Waals surface area contributed by atoms with Crippen LogP contribution in [0.3, 0.4) is 0 Å². The van der Waals surface area contributed by atoms with Crippen LogP contribution in [0.2, 0.25) is 0 Å². The van der Waals surface area contributed by atoms with E-state index in [4.69, 9.17) is 0 Å². The van der Waals surface area contributed by atoms with Crippen molar-refractivity contribution in [2.75, 3.05) is 29.9 Å². The molecule has 14 heavy (non-hydrogen) atoms. The van der Waals surface area contributed by atoms with E-state index in [1.807, 2.05) is 11.8 Å². The van der Waals surface area contributed by atoms with E-state index < -0.39 is 0 Å². The van der Waals surface area contributed by atoms with Crippen LogP contribution in [0.5, 0.6) is 0 Å². The van der Waals surface area contributed by atoms with Crippen molar-refractivity contribution in [3.63, 3.8) is 0 Å². The third-order valence-corrected chi connectivity index (χ3v) is 3.32. The van der Waals surface area contributed by atoms with Gasteiger partial charge in [-0.15, -0.1) is 0 Å². The molecular weight excluding hydrogens is 220 g/mol. The molecule has 2 rings (SSSR count). The van der Waals surface area contributed by atoms with Gasteiger partial charge in [-0.2, -0.15) is 20.5 Å². The molecular formula is C7H10N4OS2. The molecule has 5 nitrogen and oxygen atoms in total. The average molecular weight is 230 g/mol. The zero-order valence-corrected chi connectivity index (χ0v) is 9.11. The van der Waals surface area contributed by atoms with Crippen molar-refractivity contribution in [2.45, 2.75) is 0 Å². The van der Waals surface area contributed by atoms with E-state index in [-0.39, 0.29) is 6.03 Å². The predicted octanol–water partition coefficient (Wildman–Crippen LogP) is 1.12. The fourth-order valence-corrected chi connectivity index (χ4v) is 2.45. The first kappa shape index (κ1) is 9.72. The Hall–Kier alpha value is -0.820. The first-order valence-electron chi connectivity index (χ1n) is 4.27. The van der Waals surface area contributed by atoms with Crippen LogP contribution in [-0.2, 0) is 0 Å². The van der Waals surface area contributed by atoms with E-state index >= 15 is 0 Å². The third kappa shape index (κ3) is 2.36. The van der Waals surface area contributed by atoms with Crippen LogP contribution in [-0.4, -0.2) is 44.3 Å². The summed E-state index contributed by atoms with van der Waals surface area (Å²) in [6, 6.07) is -0.0713. The van der Waals surface area contributed by atoms with Gasteiger partial charge in [-0.25, -0.2) is 4.79 Å². The van der Waals surface area contributed by atoms with Crippen LogP contribution in [0, 0.1) is 0 Å². The highest BCUT2D eigenvalue weighted by atomic mass is 32.2. The monoisotopic (exact) mass is 230 g/mol. The molecule has 0 saturated carbocycles. The molecule has 1 aromatic heterocycles. The van der Waals surface area contributed by atoms with E-state index in [0.717, 1.165) is 36.3 Å². The van der Waals surface area contributed by atoms with Crippen LogP contribution < -0.4 is 5.32 Å². The Bertz CT molecular complexity index is 297. The van der Waals surface area contributed by atoms with E-state index in [0.29, 0.717) is 5.82 Å². The van der Waals surface area contributed by atoms with Crippen LogP contribution in [0.4, 0.5) is 10.6 Å². The van der Waals surface area contributed by atoms with Gasteiger partial charge >= 0.3 is 6.03 Å². The first-order chi connectivity index (χ1) is 6.86. The normalized spacial score (nSPS) is 16.7. The minimum Gasteiger partial charge on any atom is -0.323 e. The van der Waals surface area contributed by atoms with Gasteiger partial charge in [-0.05, 0) is 0 Å². The fourth-order valence-electron chi connectivity index (χ4n) is 1.17. The number of anilines is 1. The Labute approximate surface area is 90.2 Å². The number of carbonyl (C=O) groups excluding carboxylic acids is 1. The van der Waals surface area contributed by atoms with Crippen molar-refractivity contribution >= 4 is 35.3 Å². The summed E-state index contributed by atoms with van der Waals surface area (Å²) in [6.07, 6.45) is 1.56. The summed E-state index contributed by atoms with van der Waals surface area (Å²) >= 11 is 2.97. The maximum absolute atomic E-state index is 11.6. The molecule has 1 aromatic rings. The fraction of sp³-hybridized carbons (Fsp3) is 0.571. The van der Waals surface area contributed by atoms with Gasteiger partial charge in [0.05, 0.1) is 17.9 Å². The van der Waals surface area contributed by atoms with Gasteiger partial charge in [0, 0.05) is 24.6 Å². The third-order valence-electron chi connectivity index (χ3n) is 1.89. The summed E-state index contributed by atoms with van der Waals surface area (Å²) in [7, 11) is 0. The largest absolute Gasteiger partial charge is 0.323 e. The molecule has 76 valence electrons. The summed E-state index contributed by atoms with van der Waals surface area (Å²) < 4.78 is 7.73. The van der Waals surface area contributed by atoms with Crippen molar-refractivity contribution in [3.8, 4) is 0 Å². The quantitative estimate of drug-likeness (QED) is 0.785. The number of nitrogens with zero attached hydrogens (tertiary/aromatic N) is 3. The molecule has 1 N–H and O–H groups in total.